The van der Waals surface area contributed by atoms with Gasteiger partial charge in [0.2, 0.25) is 35.7 Å². The van der Waals surface area contributed by atoms with Gasteiger partial charge in [-0.05, 0) is 18.2 Å². The summed E-state index contributed by atoms with van der Waals surface area (Å²) in [5.74, 6) is -1.02. The van der Waals surface area contributed by atoms with E-state index in [2.05, 4.69) is 62.1 Å². The van der Waals surface area contributed by atoms with Gasteiger partial charge >= 0.3 is 59.1 Å². The van der Waals surface area contributed by atoms with Gasteiger partial charge in [0.05, 0.1) is 42.3 Å². The van der Waals surface area contributed by atoms with Crippen LogP contribution < -0.4 is 95.4 Å². The molecule has 1 atom stereocenters. The Bertz CT molecular complexity index is 1640. The van der Waals surface area contributed by atoms with Crippen molar-refractivity contribution >= 4 is 68.3 Å². The standard InChI is InChI=1S/C24H36N12O10S2.2Na/c1-16(47(42)46-41)26-20-30-22(34-24(32-20)36(8-12-39)9-13-40)28-18-4-2-3-17(15-18)27-21-29-19(25-5-14-48(43,44)45)31-23(33-21)35(6-10-37)7-11-38;;/h2-4,15,37-41H,1,5-14H2,(H,43,44,45)(H2,25,27,29,31,33)(H2,26,28,30,32,34);;/q;2*+1/p-2. The summed E-state index contributed by atoms with van der Waals surface area (Å²) in [7, 11) is -4.52. The summed E-state index contributed by atoms with van der Waals surface area (Å²) in [6.45, 7) is 2.21. The largest absolute Gasteiger partial charge is 1.00 e. The molecule has 0 aliphatic rings. The van der Waals surface area contributed by atoms with E-state index in [9.17, 15) is 42.9 Å². The predicted octanol–water partition coefficient (Wildman–Crippen LogP) is -9.07. The number of aliphatic hydroxyl groups excluding tert-OH is 4. The summed E-state index contributed by atoms with van der Waals surface area (Å²) in [5, 5.41) is 59.2. The van der Waals surface area contributed by atoms with Gasteiger partial charge in [-0.15, -0.1) is 0 Å². The fraction of sp³-hybridized carbons (Fsp3) is 0.417. The second-order valence-corrected chi connectivity index (χ2v) is 11.9. The van der Waals surface area contributed by atoms with Crippen molar-refractivity contribution in [3.05, 3.63) is 35.9 Å². The molecular formula is C24H34N12Na2O10S2. The first-order valence-electron chi connectivity index (χ1n) is 13.9. The quantitative estimate of drug-likeness (QED) is 0.0204. The van der Waals surface area contributed by atoms with E-state index < -0.39 is 27.0 Å². The van der Waals surface area contributed by atoms with Crippen molar-refractivity contribution in [2.45, 2.75) is 0 Å². The molecule has 50 heavy (non-hydrogen) atoms. The van der Waals surface area contributed by atoms with Crippen LogP contribution in [0.25, 0.3) is 0 Å². The molecule has 0 aliphatic carbocycles. The maximum atomic E-state index is 11.7. The van der Waals surface area contributed by atoms with Crippen molar-refractivity contribution < 1.29 is 106 Å². The first-order chi connectivity index (χ1) is 23.0. The number of nitrogens with one attached hydrogen (secondary N) is 4. The molecular weight excluding hydrogens is 726 g/mol. The fourth-order valence-electron chi connectivity index (χ4n) is 3.79. The maximum Gasteiger partial charge on any atom is 1.00 e. The van der Waals surface area contributed by atoms with E-state index >= 15 is 0 Å². The van der Waals surface area contributed by atoms with Crippen LogP contribution in [0.3, 0.4) is 0 Å². The minimum atomic E-state index is -4.52. The van der Waals surface area contributed by atoms with Crippen LogP contribution in [0, 0.1) is 0 Å². The Kier molecular flexibility index (Phi) is 21.2. The van der Waals surface area contributed by atoms with Crippen molar-refractivity contribution in [3.8, 4) is 0 Å². The minimum Gasteiger partial charge on any atom is -0.748 e. The molecule has 3 rings (SSSR count). The van der Waals surface area contributed by atoms with Crippen LogP contribution in [-0.4, -0.2) is 132 Å². The average molecular weight is 761 g/mol. The summed E-state index contributed by atoms with van der Waals surface area (Å²) in [5.41, 5.74) is 0.840. The van der Waals surface area contributed by atoms with Crippen LogP contribution in [-0.2, 0) is 25.5 Å². The Balaban J connectivity index is 0.00000625. The topological polar surface area (TPSA) is 319 Å². The number of hydrogen-bond donors (Lipinski definition) is 8. The third-order valence-corrected chi connectivity index (χ3v) is 7.15. The van der Waals surface area contributed by atoms with Gasteiger partial charge in [-0.1, -0.05) is 12.6 Å². The number of anilines is 8. The number of rotatable bonds is 22. The Hall–Kier alpha value is -2.40. The summed E-state index contributed by atoms with van der Waals surface area (Å²) < 4.78 is 48.4. The van der Waals surface area contributed by atoms with Gasteiger partial charge in [0.15, 0.2) is 11.1 Å². The Morgan fingerprint density at radius 2 is 1.24 bits per heavy atom. The number of benzene rings is 1. The molecule has 0 radical (unpaired) electrons. The fourth-order valence-corrected chi connectivity index (χ4v) is 4.40. The molecule has 0 saturated carbocycles. The maximum absolute atomic E-state index is 11.7. The van der Waals surface area contributed by atoms with Crippen molar-refractivity contribution in [2.75, 3.05) is 96.0 Å². The molecule has 8 N–H and O–H groups in total. The molecule has 0 amide bonds. The normalized spacial score (nSPS) is 11.4. The van der Waals surface area contributed by atoms with Crippen LogP contribution in [0.5, 0.6) is 0 Å². The Labute approximate surface area is 333 Å². The smallest absolute Gasteiger partial charge is 0.748 e. The monoisotopic (exact) mass is 760 g/mol. The van der Waals surface area contributed by atoms with Crippen molar-refractivity contribution in [1.82, 2.24) is 29.9 Å². The molecule has 0 fully saturated rings. The summed E-state index contributed by atoms with van der Waals surface area (Å²) in [6, 6.07) is 6.56. The molecule has 0 spiro atoms. The summed E-state index contributed by atoms with van der Waals surface area (Å²) in [4.78, 5) is 28.4. The second-order valence-electron chi connectivity index (χ2n) is 9.30. The zero-order valence-electron chi connectivity index (χ0n) is 27.2. The van der Waals surface area contributed by atoms with Gasteiger partial charge in [0.25, 0.3) is 0 Å². The SMILES string of the molecule is C=C(Nc1nc(Nc2cccc(Nc3nc(NCCS(=O)(=O)[O-])nc(N(CCO)CCO)n3)c2)nc(N(CCO)CCO)n1)S(=O)O[O-].[Na+].[Na+]. The average Bonchev–Trinajstić information content (AvgIpc) is 3.03. The van der Waals surface area contributed by atoms with E-state index in [0.29, 0.717) is 11.4 Å². The number of nitrogens with zero attached hydrogens (tertiary/aromatic N) is 8. The van der Waals surface area contributed by atoms with E-state index in [0.717, 1.165) is 0 Å². The van der Waals surface area contributed by atoms with Crippen molar-refractivity contribution in [2.24, 2.45) is 0 Å². The molecule has 264 valence electrons. The van der Waals surface area contributed by atoms with Gasteiger partial charge in [-0.2, -0.15) is 29.9 Å². The minimum absolute atomic E-state index is 0. The molecule has 1 aromatic carbocycles. The predicted molar refractivity (Wildman–Crippen MR) is 170 cm³/mol. The molecule has 2 aromatic heterocycles. The summed E-state index contributed by atoms with van der Waals surface area (Å²) >= 11 is -2.45. The van der Waals surface area contributed by atoms with Gasteiger partial charge in [-0.3, -0.25) is 0 Å². The molecule has 0 bridgehead atoms. The van der Waals surface area contributed by atoms with Crippen LogP contribution in [0.4, 0.5) is 47.1 Å². The van der Waals surface area contributed by atoms with Gasteiger partial charge in [-0.25, -0.2) is 12.6 Å². The molecule has 22 nitrogen and oxygen atoms in total. The molecule has 3 aromatic rings. The molecule has 0 saturated heterocycles. The first-order valence-corrected chi connectivity index (χ1v) is 16.6. The zero-order chi connectivity index (χ0) is 35.1. The van der Waals surface area contributed by atoms with Gasteiger partial charge in [0.1, 0.15) is 5.03 Å². The molecule has 2 heterocycles. The van der Waals surface area contributed by atoms with E-state index in [-0.39, 0.29) is 159 Å². The van der Waals surface area contributed by atoms with E-state index in [1.807, 2.05) is 0 Å². The summed E-state index contributed by atoms with van der Waals surface area (Å²) in [6.07, 6.45) is 0. The number of aromatic nitrogens is 6. The first kappa shape index (κ1) is 45.6. The zero-order valence-corrected chi connectivity index (χ0v) is 32.9. The van der Waals surface area contributed by atoms with E-state index in [4.69, 9.17) is 0 Å². The second kappa shape index (κ2) is 23.2. The van der Waals surface area contributed by atoms with Crippen LogP contribution >= 0.6 is 0 Å². The molecule has 1 unspecified atom stereocenters. The van der Waals surface area contributed by atoms with Gasteiger partial charge in [0, 0.05) is 44.1 Å². The van der Waals surface area contributed by atoms with Crippen LogP contribution in [0.2, 0.25) is 0 Å². The third-order valence-electron chi connectivity index (χ3n) is 5.82. The Morgan fingerprint density at radius 1 is 0.800 bits per heavy atom. The van der Waals surface area contributed by atoms with Gasteiger partial charge < -0.3 is 65.6 Å². The van der Waals surface area contributed by atoms with E-state index in [1.54, 1.807) is 24.3 Å². The third kappa shape index (κ3) is 15.5. The van der Waals surface area contributed by atoms with Crippen LogP contribution in [0.15, 0.2) is 35.9 Å². The van der Waals surface area contributed by atoms with Crippen LogP contribution in [0.1, 0.15) is 0 Å². The molecule has 26 heteroatoms. The van der Waals surface area contributed by atoms with Crippen molar-refractivity contribution in [1.29, 1.82) is 0 Å². The number of hydrogen-bond acceptors (Lipinski definition) is 22. The Morgan fingerprint density at radius 3 is 1.68 bits per heavy atom. The van der Waals surface area contributed by atoms with E-state index in [1.165, 1.54) is 9.80 Å². The molecule has 0 aliphatic heterocycles. The number of aliphatic hydroxyl groups is 4. The van der Waals surface area contributed by atoms with Crippen molar-refractivity contribution in [3.63, 3.8) is 0 Å².